The zero-order valence-corrected chi connectivity index (χ0v) is 7.71. The molecular formula is C10H16O2. The Labute approximate surface area is 73.6 Å². The molecule has 0 spiro atoms. The Balaban J connectivity index is 3.56. The van der Waals surface area contributed by atoms with Gasteiger partial charge in [0.15, 0.2) is 0 Å². The fourth-order valence-corrected chi connectivity index (χ4v) is 0.862. The highest BCUT2D eigenvalue weighted by Crippen LogP contribution is 2.06. The number of carboxylic acids is 1. The van der Waals surface area contributed by atoms with Gasteiger partial charge in [-0.25, -0.2) is 0 Å². The molecule has 0 aromatic rings. The van der Waals surface area contributed by atoms with Crippen LogP contribution in [0.25, 0.3) is 0 Å². The van der Waals surface area contributed by atoms with Gasteiger partial charge >= 0.3 is 5.97 Å². The normalized spacial score (nSPS) is 12.3. The van der Waals surface area contributed by atoms with E-state index in [0.29, 0.717) is 0 Å². The topological polar surface area (TPSA) is 37.3 Å². The average Bonchev–Trinajstić information content (AvgIpc) is 2.00. The summed E-state index contributed by atoms with van der Waals surface area (Å²) in [4.78, 5) is 10.2. The van der Waals surface area contributed by atoms with Crippen molar-refractivity contribution in [3.05, 3.63) is 23.8 Å². The van der Waals surface area contributed by atoms with E-state index in [-0.39, 0.29) is 6.42 Å². The van der Waals surface area contributed by atoms with E-state index in [9.17, 15) is 4.79 Å². The number of hydrogen-bond donors (Lipinski definition) is 1. The lowest BCUT2D eigenvalue weighted by molar-refractivity contribution is -0.137. The van der Waals surface area contributed by atoms with Crippen molar-refractivity contribution in [1.82, 2.24) is 0 Å². The van der Waals surface area contributed by atoms with Gasteiger partial charge in [-0.1, -0.05) is 23.8 Å². The SMILES string of the molecule is C/C=C\C=C(/C)CCCC(=O)O. The maximum atomic E-state index is 10.2. The Bertz CT molecular complexity index is 190. The maximum Gasteiger partial charge on any atom is 0.303 e. The Morgan fingerprint density at radius 1 is 1.42 bits per heavy atom. The molecule has 1 N–H and O–H groups in total. The number of allylic oxidation sites excluding steroid dienone is 4. The number of carboxylic acid groups (broad SMARTS) is 1. The lowest BCUT2D eigenvalue weighted by Gasteiger charge is -1.96. The van der Waals surface area contributed by atoms with Gasteiger partial charge in [0.05, 0.1) is 0 Å². The minimum absolute atomic E-state index is 0.265. The van der Waals surface area contributed by atoms with Crippen LogP contribution in [0.5, 0.6) is 0 Å². The van der Waals surface area contributed by atoms with Gasteiger partial charge in [-0.15, -0.1) is 0 Å². The van der Waals surface area contributed by atoms with Crippen LogP contribution in [0.4, 0.5) is 0 Å². The molecule has 0 heterocycles. The van der Waals surface area contributed by atoms with Crippen LogP contribution in [0.2, 0.25) is 0 Å². The van der Waals surface area contributed by atoms with Gasteiger partial charge in [0, 0.05) is 6.42 Å². The van der Waals surface area contributed by atoms with Crippen LogP contribution in [0.1, 0.15) is 33.1 Å². The Morgan fingerprint density at radius 3 is 2.58 bits per heavy atom. The Morgan fingerprint density at radius 2 is 2.08 bits per heavy atom. The predicted molar refractivity (Wildman–Crippen MR) is 50.1 cm³/mol. The average molecular weight is 168 g/mol. The van der Waals surface area contributed by atoms with E-state index in [1.165, 1.54) is 5.57 Å². The molecule has 0 saturated heterocycles. The first kappa shape index (κ1) is 11.0. The molecule has 68 valence electrons. The third kappa shape index (κ3) is 7.06. The number of hydrogen-bond acceptors (Lipinski definition) is 1. The Hall–Kier alpha value is -1.05. The molecular weight excluding hydrogens is 152 g/mol. The van der Waals surface area contributed by atoms with Crippen molar-refractivity contribution in [1.29, 1.82) is 0 Å². The zero-order chi connectivity index (χ0) is 9.40. The fourth-order valence-electron chi connectivity index (χ4n) is 0.862. The predicted octanol–water partition coefficient (Wildman–Crippen LogP) is 2.76. The highest BCUT2D eigenvalue weighted by Gasteiger charge is 1.95. The summed E-state index contributed by atoms with van der Waals surface area (Å²) in [6.07, 6.45) is 7.81. The largest absolute Gasteiger partial charge is 0.481 e. The van der Waals surface area contributed by atoms with Gasteiger partial charge in [0.25, 0.3) is 0 Å². The third-order valence-corrected chi connectivity index (χ3v) is 1.53. The molecule has 0 bridgehead atoms. The number of aliphatic carboxylic acids is 1. The van der Waals surface area contributed by atoms with Gasteiger partial charge < -0.3 is 5.11 Å². The van der Waals surface area contributed by atoms with Gasteiger partial charge in [-0.3, -0.25) is 4.79 Å². The van der Waals surface area contributed by atoms with Crippen molar-refractivity contribution in [3.63, 3.8) is 0 Å². The number of carbonyl (C=O) groups is 1. The second kappa shape index (κ2) is 6.65. The van der Waals surface area contributed by atoms with Crippen molar-refractivity contribution >= 4 is 5.97 Å². The molecule has 2 nitrogen and oxygen atoms in total. The highest BCUT2D eigenvalue weighted by molar-refractivity contribution is 5.66. The smallest absolute Gasteiger partial charge is 0.303 e. The van der Waals surface area contributed by atoms with E-state index in [1.807, 2.05) is 32.1 Å². The summed E-state index contributed by atoms with van der Waals surface area (Å²) in [5, 5.41) is 8.37. The third-order valence-electron chi connectivity index (χ3n) is 1.53. The molecule has 0 unspecified atom stereocenters. The minimum atomic E-state index is -0.714. The second-order valence-corrected chi connectivity index (χ2v) is 2.79. The molecule has 0 amide bonds. The first-order valence-corrected chi connectivity index (χ1v) is 4.17. The van der Waals surface area contributed by atoms with Gasteiger partial charge in [-0.2, -0.15) is 0 Å². The quantitative estimate of drug-likeness (QED) is 0.641. The molecule has 0 aliphatic rings. The summed E-state index contributed by atoms with van der Waals surface area (Å²) >= 11 is 0. The number of rotatable bonds is 5. The summed E-state index contributed by atoms with van der Waals surface area (Å²) < 4.78 is 0. The second-order valence-electron chi connectivity index (χ2n) is 2.79. The fraction of sp³-hybridized carbons (Fsp3) is 0.500. The van der Waals surface area contributed by atoms with Gasteiger partial charge in [-0.05, 0) is 26.7 Å². The van der Waals surface area contributed by atoms with Crippen molar-refractivity contribution < 1.29 is 9.90 Å². The van der Waals surface area contributed by atoms with E-state index >= 15 is 0 Å². The van der Waals surface area contributed by atoms with Crippen molar-refractivity contribution in [2.75, 3.05) is 0 Å². The van der Waals surface area contributed by atoms with Crippen LogP contribution in [0.3, 0.4) is 0 Å². The molecule has 0 aromatic heterocycles. The van der Waals surface area contributed by atoms with Gasteiger partial charge in [0.1, 0.15) is 0 Å². The zero-order valence-electron chi connectivity index (χ0n) is 7.71. The maximum absolute atomic E-state index is 10.2. The van der Waals surface area contributed by atoms with E-state index in [1.54, 1.807) is 0 Å². The molecule has 0 radical (unpaired) electrons. The van der Waals surface area contributed by atoms with Crippen molar-refractivity contribution in [2.45, 2.75) is 33.1 Å². The molecule has 0 saturated carbocycles. The highest BCUT2D eigenvalue weighted by atomic mass is 16.4. The van der Waals surface area contributed by atoms with E-state index < -0.39 is 5.97 Å². The van der Waals surface area contributed by atoms with Crippen LogP contribution in [0.15, 0.2) is 23.8 Å². The van der Waals surface area contributed by atoms with Gasteiger partial charge in [0.2, 0.25) is 0 Å². The van der Waals surface area contributed by atoms with Crippen LogP contribution in [0, 0.1) is 0 Å². The summed E-state index contributed by atoms with van der Waals surface area (Å²) in [6, 6.07) is 0. The monoisotopic (exact) mass is 168 g/mol. The molecule has 0 rings (SSSR count). The van der Waals surface area contributed by atoms with Crippen LogP contribution in [-0.4, -0.2) is 11.1 Å². The van der Waals surface area contributed by atoms with Crippen molar-refractivity contribution in [2.24, 2.45) is 0 Å². The summed E-state index contributed by atoms with van der Waals surface area (Å²) in [7, 11) is 0. The van der Waals surface area contributed by atoms with Crippen LogP contribution >= 0.6 is 0 Å². The molecule has 0 aliphatic heterocycles. The lowest BCUT2D eigenvalue weighted by atomic mass is 10.1. The summed E-state index contributed by atoms with van der Waals surface area (Å²) in [6.45, 7) is 3.98. The standard InChI is InChI=1S/C10H16O2/c1-3-4-6-9(2)7-5-8-10(11)12/h3-4,6H,5,7-8H2,1-2H3,(H,11,12)/b4-3-,9-6+. The molecule has 0 aromatic carbocycles. The van der Waals surface area contributed by atoms with E-state index in [2.05, 4.69) is 0 Å². The van der Waals surface area contributed by atoms with Crippen LogP contribution in [-0.2, 0) is 4.79 Å². The molecule has 2 heteroatoms. The first-order valence-electron chi connectivity index (χ1n) is 4.17. The lowest BCUT2D eigenvalue weighted by Crippen LogP contribution is -1.93. The Kier molecular flexibility index (Phi) is 6.07. The first-order chi connectivity index (χ1) is 5.66. The van der Waals surface area contributed by atoms with Crippen LogP contribution < -0.4 is 0 Å². The minimum Gasteiger partial charge on any atom is -0.481 e. The molecule has 0 aliphatic carbocycles. The van der Waals surface area contributed by atoms with E-state index in [0.717, 1.165) is 12.8 Å². The van der Waals surface area contributed by atoms with E-state index in [4.69, 9.17) is 5.11 Å². The summed E-state index contributed by atoms with van der Waals surface area (Å²) in [5.41, 5.74) is 1.23. The molecule has 0 atom stereocenters. The molecule has 12 heavy (non-hydrogen) atoms. The van der Waals surface area contributed by atoms with Crippen molar-refractivity contribution in [3.8, 4) is 0 Å². The molecule has 0 fully saturated rings. The summed E-state index contributed by atoms with van der Waals surface area (Å²) in [5.74, 6) is -0.714.